The standard InChI is InChI=1S/C9H7N3O/c1-2-4-8-7(3-1)12-6-10-5-11-9(12)13-8/h1-5H,6H2. The number of nitrogens with zero attached hydrogens (tertiary/aromatic N) is 3. The molecule has 3 rings (SSSR count). The van der Waals surface area contributed by atoms with Gasteiger partial charge in [-0.3, -0.25) is 9.89 Å². The Balaban J connectivity index is 2.14. The molecule has 4 heteroatoms. The lowest BCUT2D eigenvalue weighted by atomic mass is 10.3. The minimum atomic E-state index is 0.593. The molecule has 0 unspecified atom stereocenters. The van der Waals surface area contributed by atoms with Gasteiger partial charge in [0.15, 0.2) is 5.75 Å². The Bertz CT molecular complexity index is 411. The highest BCUT2D eigenvalue weighted by Crippen LogP contribution is 2.34. The number of anilines is 1. The van der Waals surface area contributed by atoms with Gasteiger partial charge in [-0.15, -0.1) is 0 Å². The van der Waals surface area contributed by atoms with Crippen LogP contribution in [0.25, 0.3) is 0 Å². The lowest BCUT2D eigenvalue weighted by Gasteiger charge is -2.15. The van der Waals surface area contributed by atoms with Crippen LogP contribution in [0.4, 0.5) is 5.69 Å². The molecule has 2 aliphatic heterocycles. The lowest BCUT2D eigenvalue weighted by molar-refractivity contribution is 0.562. The van der Waals surface area contributed by atoms with Crippen LogP contribution in [0.15, 0.2) is 34.3 Å². The molecule has 2 heterocycles. The van der Waals surface area contributed by atoms with Crippen molar-refractivity contribution in [3.63, 3.8) is 0 Å². The van der Waals surface area contributed by atoms with Crippen LogP contribution < -0.4 is 9.64 Å². The SMILES string of the molecule is C1=NCN2C(=N1)Oc1ccccc12. The number of benzene rings is 1. The fourth-order valence-electron chi connectivity index (χ4n) is 1.46. The van der Waals surface area contributed by atoms with Gasteiger partial charge in [0.05, 0.1) is 5.69 Å². The van der Waals surface area contributed by atoms with Gasteiger partial charge in [-0.05, 0) is 12.1 Å². The molecule has 0 spiro atoms. The Morgan fingerprint density at radius 3 is 3.23 bits per heavy atom. The van der Waals surface area contributed by atoms with Crippen molar-refractivity contribution in [3.05, 3.63) is 24.3 Å². The fourth-order valence-corrected chi connectivity index (χ4v) is 1.46. The topological polar surface area (TPSA) is 37.2 Å². The van der Waals surface area contributed by atoms with Crippen LogP contribution in [0.2, 0.25) is 0 Å². The first-order chi connectivity index (χ1) is 6.45. The molecule has 0 amide bonds. The smallest absolute Gasteiger partial charge is 0.305 e. The molecule has 1 aromatic carbocycles. The van der Waals surface area contributed by atoms with Gasteiger partial charge in [-0.25, -0.2) is 0 Å². The van der Waals surface area contributed by atoms with Crippen LogP contribution in [-0.4, -0.2) is 19.0 Å². The molecular weight excluding hydrogens is 166 g/mol. The molecule has 0 radical (unpaired) electrons. The molecule has 2 aliphatic rings. The number of ether oxygens (including phenoxy) is 1. The van der Waals surface area contributed by atoms with Gasteiger partial charge < -0.3 is 4.74 Å². The summed E-state index contributed by atoms with van der Waals surface area (Å²) in [6.45, 7) is 0.593. The minimum Gasteiger partial charge on any atom is -0.423 e. The third-order valence-corrected chi connectivity index (χ3v) is 2.06. The zero-order valence-corrected chi connectivity index (χ0v) is 6.84. The Kier molecular flexibility index (Phi) is 1.19. The summed E-state index contributed by atoms with van der Waals surface area (Å²) in [5, 5.41) is 0. The number of fused-ring (bicyclic) bond motifs is 3. The molecule has 0 aliphatic carbocycles. The predicted molar refractivity (Wildman–Crippen MR) is 50.3 cm³/mol. The van der Waals surface area contributed by atoms with Gasteiger partial charge in [0.25, 0.3) is 0 Å². The lowest BCUT2D eigenvalue weighted by Crippen LogP contribution is -2.31. The molecule has 13 heavy (non-hydrogen) atoms. The first-order valence-corrected chi connectivity index (χ1v) is 4.06. The second-order valence-corrected chi connectivity index (χ2v) is 2.85. The molecule has 0 aromatic heterocycles. The van der Waals surface area contributed by atoms with E-state index in [4.69, 9.17) is 4.74 Å². The summed E-state index contributed by atoms with van der Waals surface area (Å²) in [6, 6.07) is 8.47. The zero-order chi connectivity index (χ0) is 8.67. The van der Waals surface area contributed by atoms with Gasteiger partial charge in [0.1, 0.15) is 13.0 Å². The summed E-state index contributed by atoms with van der Waals surface area (Å²) in [6.07, 6.45) is 1.53. The van der Waals surface area contributed by atoms with E-state index < -0.39 is 0 Å². The van der Waals surface area contributed by atoms with E-state index >= 15 is 0 Å². The van der Waals surface area contributed by atoms with E-state index in [9.17, 15) is 0 Å². The van der Waals surface area contributed by atoms with E-state index in [0.29, 0.717) is 12.7 Å². The molecule has 0 N–H and O–H groups in total. The Hall–Kier alpha value is -1.84. The molecule has 4 nitrogen and oxygen atoms in total. The molecule has 0 atom stereocenters. The van der Waals surface area contributed by atoms with Gasteiger partial charge in [0, 0.05) is 0 Å². The van der Waals surface area contributed by atoms with Crippen molar-refractivity contribution < 1.29 is 4.74 Å². The number of amidine groups is 1. The van der Waals surface area contributed by atoms with Crippen LogP contribution in [0.1, 0.15) is 0 Å². The van der Waals surface area contributed by atoms with Gasteiger partial charge >= 0.3 is 6.02 Å². The van der Waals surface area contributed by atoms with Crippen LogP contribution in [0.5, 0.6) is 5.75 Å². The largest absolute Gasteiger partial charge is 0.423 e. The van der Waals surface area contributed by atoms with Crippen LogP contribution in [-0.2, 0) is 0 Å². The number of rotatable bonds is 0. The third-order valence-electron chi connectivity index (χ3n) is 2.06. The highest BCUT2D eigenvalue weighted by molar-refractivity contribution is 6.03. The molecule has 0 saturated heterocycles. The first-order valence-electron chi connectivity index (χ1n) is 4.06. The van der Waals surface area contributed by atoms with Gasteiger partial charge in [-0.2, -0.15) is 4.99 Å². The van der Waals surface area contributed by atoms with Crippen LogP contribution in [0, 0.1) is 0 Å². The van der Waals surface area contributed by atoms with E-state index in [1.54, 1.807) is 0 Å². The molecule has 64 valence electrons. The van der Waals surface area contributed by atoms with E-state index in [-0.39, 0.29) is 0 Å². The van der Waals surface area contributed by atoms with Crippen molar-refractivity contribution in [2.24, 2.45) is 9.98 Å². The van der Waals surface area contributed by atoms with Crippen molar-refractivity contribution in [3.8, 4) is 5.75 Å². The van der Waals surface area contributed by atoms with Crippen molar-refractivity contribution >= 4 is 18.0 Å². The predicted octanol–water partition coefficient (Wildman–Crippen LogP) is 1.24. The van der Waals surface area contributed by atoms with E-state index in [0.717, 1.165) is 11.4 Å². The molecular formula is C9H7N3O. The van der Waals surface area contributed by atoms with Gasteiger partial charge in [0.2, 0.25) is 0 Å². The maximum Gasteiger partial charge on any atom is 0.305 e. The first kappa shape index (κ1) is 6.65. The normalized spacial score (nSPS) is 17.5. The number of para-hydroxylation sites is 2. The summed E-state index contributed by atoms with van der Waals surface area (Å²) in [4.78, 5) is 10.0. The maximum absolute atomic E-state index is 5.50. The monoisotopic (exact) mass is 173 g/mol. The Morgan fingerprint density at radius 2 is 2.23 bits per heavy atom. The van der Waals surface area contributed by atoms with Crippen molar-refractivity contribution in [2.45, 2.75) is 0 Å². The average molecular weight is 173 g/mol. The quantitative estimate of drug-likeness (QED) is 0.592. The van der Waals surface area contributed by atoms with Gasteiger partial charge in [-0.1, -0.05) is 12.1 Å². The summed E-state index contributed by atoms with van der Waals surface area (Å²) < 4.78 is 5.50. The zero-order valence-electron chi connectivity index (χ0n) is 6.84. The van der Waals surface area contributed by atoms with Crippen LogP contribution >= 0.6 is 0 Å². The summed E-state index contributed by atoms with van der Waals surface area (Å²) >= 11 is 0. The minimum absolute atomic E-state index is 0.593. The summed E-state index contributed by atoms with van der Waals surface area (Å²) in [5.41, 5.74) is 1.04. The van der Waals surface area contributed by atoms with Crippen molar-refractivity contribution in [1.29, 1.82) is 0 Å². The Morgan fingerprint density at radius 1 is 1.31 bits per heavy atom. The average Bonchev–Trinajstić information content (AvgIpc) is 2.56. The highest BCUT2D eigenvalue weighted by Gasteiger charge is 2.27. The van der Waals surface area contributed by atoms with E-state index in [1.807, 2.05) is 29.2 Å². The molecule has 0 bridgehead atoms. The fraction of sp³-hybridized carbons (Fsp3) is 0.111. The van der Waals surface area contributed by atoms with Crippen LogP contribution in [0.3, 0.4) is 0 Å². The molecule has 0 saturated carbocycles. The highest BCUT2D eigenvalue weighted by atomic mass is 16.5. The number of aliphatic imine (C=N–C) groups is 2. The number of hydrogen-bond acceptors (Lipinski definition) is 4. The second-order valence-electron chi connectivity index (χ2n) is 2.85. The van der Waals surface area contributed by atoms with E-state index in [1.165, 1.54) is 6.34 Å². The van der Waals surface area contributed by atoms with Crippen molar-refractivity contribution in [1.82, 2.24) is 0 Å². The summed E-state index contributed by atoms with van der Waals surface area (Å²) in [7, 11) is 0. The molecule has 0 fully saturated rings. The number of hydrogen-bond donors (Lipinski definition) is 0. The van der Waals surface area contributed by atoms with E-state index in [2.05, 4.69) is 9.98 Å². The Labute approximate surface area is 75.2 Å². The third kappa shape index (κ3) is 0.853. The second kappa shape index (κ2) is 2.32. The maximum atomic E-state index is 5.50. The summed E-state index contributed by atoms with van der Waals surface area (Å²) in [5.74, 6) is 0.853. The molecule has 1 aromatic rings. The van der Waals surface area contributed by atoms with Crippen molar-refractivity contribution in [2.75, 3.05) is 11.6 Å².